The van der Waals surface area contributed by atoms with Gasteiger partial charge in [-0.2, -0.15) is 0 Å². The van der Waals surface area contributed by atoms with Crippen LogP contribution in [0.5, 0.6) is 0 Å². The lowest BCUT2D eigenvalue weighted by Gasteiger charge is -2.44. The standard InChI is InChI=1S/C15H18O4/c1-15-10-4-5(10)7-9(14(17)19-3)8(13(16)18-2)6(4)11(15)12(7)15/h4-12H,1-3H3/t4-,5+,6-,7-,8+,9-,10?,11+,12+,15?/m1/s1. The van der Waals surface area contributed by atoms with E-state index in [0.29, 0.717) is 40.9 Å². The summed E-state index contributed by atoms with van der Waals surface area (Å²) < 4.78 is 9.99. The number of methoxy groups -OCH3 is 2. The summed E-state index contributed by atoms with van der Waals surface area (Å²) in [6.45, 7) is 2.38. The molecule has 0 aliphatic heterocycles. The molecule has 0 spiro atoms. The summed E-state index contributed by atoms with van der Waals surface area (Å²) in [5, 5.41) is 0. The van der Waals surface area contributed by atoms with E-state index >= 15 is 0 Å². The quantitative estimate of drug-likeness (QED) is 0.695. The summed E-state index contributed by atoms with van der Waals surface area (Å²) in [4.78, 5) is 24.4. The van der Waals surface area contributed by atoms with Gasteiger partial charge in [-0.05, 0) is 46.8 Å². The zero-order chi connectivity index (χ0) is 13.3. The van der Waals surface area contributed by atoms with Gasteiger partial charge >= 0.3 is 11.9 Å². The van der Waals surface area contributed by atoms with Crippen molar-refractivity contribution in [1.29, 1.82) is 0 Å². The molecule has 0 aromatic carbocycles. The molecule has 2 bridgehead atoms. The Kier molecular flexibility index (Phi) is 1.52. The van der Waals surface area contributed by atoms with E-state index in [2.05, 4.69) is 6.92 Å². The van der Waals surface area contributed by atoms with E-state index in [9.17, 15) is 9.59 Å². The fourth-order valence-corrected chi connectivity index (χ4v) is 7.30. The van der Waals surface area contributed by atoms with Gasteiger partial charge in [0.25, 0.3) is 0 Å². The maximum absolute atomic E-state index is 12.2. The second-order valence-electron chi connectivity index (χ2n) is 7.35. The van der Waals surface area contributed by atoms with Gasteiger partial charge < -0.3 is 9.47 Å². The maximum atomic E-state index is 12.2. The monoisotopic (exact) mass is 262 g/mol. The van der Waals surface area contributed by atoms with Crippen LogP contribution >= 0.6 is 0 Å². The van der Waals surface area contributed by atoms with Crippen LogP contribution in [-0.4, -0.2) is 26.2 Å². The molecule has 0 aromatic rings. The van der Waals surface area contributed by atoms with Crippen molar-refractivity contribution >= 4 is 11.9 Å². The molecule has 2 unspecified atom stereocenters. The first-order valence-corrected chi connectivity index (χ1v) is 7.24. The molecular weight excluding hydrogens is 244 g/mol. The molecule has 4 nitrogen and oxygen atoms in total. The zero-order valence-corrected chi connectivity index (χ0v) is 11.3. The van der Waals surface area contributed by atoms with Gasteiger partial charge in [0.1, 0.15) is 0 Å². The lowest BCUT2D eigenvalue weighted by Crippen LogP contribution is -2.51. The van der Waals surface area contributed by atoms with E-state index in [1.54, 1.807) is 0 Å². The molecule has 0 amide bonds. The normalized spacial score (nSPS) is 64.7. The van der Waals surface area contributed by atoms with Crippen molar-refractivity contribution in [3.8, 4) is 0 Å². The SMILES string of the molecule is COC(=O)[C@@H]1[C@H](C(=O)OC)[C@H]2[C@H]3C4[C@H]3[C@H]1[C@H]1[C@H]2C41C. The van der Waals surface area contributed by atoms with Crippen LogP contribution in [0.25, 0.3) is 0 Å². The molecule has 0 saturated heterocycles. The summed E-state index contributed by atoms with van der Waals surface area (Å²) in [6, 6.07) is 0. The van der Waals surface area contributed by atoms with Gasteiger partial charge in [-0.1, -0.05) is 6.92 Å². The number of rotatable bonds is 2. The van der Waals surface area contributed by atoms with Crippen molar-refractivity contribution in [2.24, 2.45) is 58.7 Å². The maximum Gasteiger partial charge on any atom is 0.309 e. The van der Waals surface area contributed by atoms with Crippen molar-refractivity contribution in [3.05, 3.63) is 0 Å². The van der Waals surface area contributed by atoms with Gasteiger partial charge in [-0.3, -0.25) is 9.59 Å². The molecule has 6 aliphatic carbocycles. The van der Waals surface area contributed by atoms with Crippen LogP contribution in [0.4, 0.5) is 0 Å². The van der Waals surface area contributed by atoms with Crippen LogP contribution in [0, 0.1) is 58.7 Å². The number of carbonyl (C=O) groups is 2. The van der Waals surface area contributed by atoms with Crippen LogP contribution in [0.3, 0.4) is 0 Å². The lowest BCUT2D eigenvalue weighted by atomic mass is 9.58. The van der Waals surface area contributed by atoms with Crippen LogP contribution in [0.15, 0.2) is 0 Å². The minimum absolute atomic E-state index is 0.191. The van der Waals surface area contributed by atoms with Crippen LogP contribution in [-0.2, 0) is 19.1 Å². The van der Waals surface area contributed by atoms with Gasteiger partial charge in [0.2, 0.25) is 0 Å². The smallest absolute Gasteiger partial charge is 0.309 e. The number of hydrogen-bond donors (Lipinski definition) is 0. The minimum Gasteiger partial charge on any atom is -0.469 e. The highest BCUT2D eigenvalue weighted by atomic mass is 16.5. The Morgan fingerprint density at radius 1 is 0.789 bits per heavy atom. The van der Waals surface area contributed by atoms with Gasteiger partial charge in [0, 0.05) is 0 Å². The first kappa shape index (κ1) is 10.7. The predicted molar refractivity (Wildman–Crippen MR) is 63.5 cm³/mol. The summed E-state index contributed by atoms with van der Waals surface area (Å²) >= 11 is 0. The van der Waals surface area contributed by atoms with Crippen LogP contribution in [0.1, 0.15) is 6.92 Å². The third-order valence-electron chi connectivity index (χ3n) is 7.45. The van der Waals surface area contributed by atoms with E-state index < -0.39 is 0 Å². The van der Waals surface area contributed by atoms with Crippen molar-refractivity contribution in [2.45, 2.75) is 6.92 Å². The molecule has 0 aromatic heterocycles. The van der Waals surface area contributed by atoms with E-state index in [1.165, 1.54) is 14.2 Å². The van der Waals surface area contributed by atoms with E-state index in [-0.39, 0.29) is 23.8 Å². The summed E-state index contributed by atoms with van der Waals surface area (Å²) in [7, 11) is 2.87. The molecule has 4 heteroatoms. The fourth-order valence-electron chi connectivity index (χ4n) is 7.30. The van der Waals surface area contributed by atoms with Crippen molar-refractivity contribution in [3.63, 3.8) is 0 Å². The van der Waals surface area contributed by atoms with Gasteiger partial charge in [0.05, 0.1) is 26.1 Å². The third-order valence-corrected chi connectivity index (χ3v) is 7.45. The highest BCUT2D eigenvalue weighted by Crippen LogP contribution is 2.98. The number of esters is 2. The van der Waals surface area contributed by atoms with Crippen molar-refractivity contribution in [1.82, 2.24) is 0 Å². The molecule has 102 valence electrons. The Hall–Kier alpha value is -1.06. The Balaban J connectivity index is 1.62. The number of ether oxygens (including phenoxy) is 2. The second kappa shape index (κ2) is 2.70. The molecule has 0 radical (unpaired) electrons. The largest absolute Gasteiger partial charge is 0.469 e. The fraction of sp³-hybridized carbons (Fsp3) is 0.867. The van der Waals surface area contributed by atoms with Gasteiger partial charge in [-0.25, -0.2) is 0 Å². The molecule has 0 heterocycles. The van der Waals surface area contributed by atoms with E-state index in [1.807, 2.05) is 0 Å². The molecule has 0 N–H and O–H groups in total. The Bertz CT molecular complexity index is 484. The van der Waals surface area contributed by atoms with Crippen molar-refractivity contribution < 1.29 is 19.1 Å². The average molecular weight is 262 g/mol. The van der Waals surface area contributed by atoms with Gasteiger partial charge in [-0.15, -0.1) is 0 Å². The summed E-state index contributed by atoms with van der Waals surface area (Å²) in [6.07, 6.45) is 0. The molecule has 19 heavy (non-hydrogen) atoms. The lowest BCUT2D eigenvalue weighted by molar-refractivity contribution is -0.171. The first-order valence-electron chi connectivity index (χ1n) is 7.24. The van der Waals surface area contributed by atoms with Crippen molar-refractivity contribution in [2.75, 3.05) is 14.2 Å². The molecule has 6 aliphatic rings. The highest BCUT2D eigenvalue weighted by Gasteiger charge is 2.97. The number of carbonyl (C=O) groups excluding carboxylic acids is 2. The topological polar surface area (TPSA) is 52.6 Å². The average Bonchev–Trinajstić information content (AvgIpc) is 3.26. The van der Waals surface area contributed by atoms with Crippen LogP contribution < -0.4 is 0 Å². The summed E-state index contributed by atoms with van der Waals surface area (Å²) in [5.41, 5.74) is 0.444. The van der Waals surface area contributed by atoms with Crippen LogP contribution in [0.2, 0.25) is 0 Å². The van der Waals surface area contributed by atoms with Gasteiger partial charge in [0.15, 0.2) is 0 Å². The van der Waals surface area contributed by atoms with E-state index in [4.69, 9.17) is 9.47 Å². The highest BCUT2D eigenvalue weighted by molar-refractivity contribution is 5.84. The second-order valence-corrected chi connectivity index (χ2v) is 7.35. The predicted octanol–water partition coefficient (Wildman–Crippen LogP) is 0.952. The summed E-state index contributed by atoms with van der Waals surface area (Å²) in [5.74, 6) is 3.50. The first-order chi connectivity index (χ1) is 9.08. The molecular formula is C15H18O4. The Morgan fingerprint density at radius 2 is 1.21 bits per heavy atom. The number of hydrogen-bond acceptors (Lipinski definition) is 4. The Morgan fingerprint density at radius 3 is 1.47 bits per heavy atom. The molecule has 6 fully saturated rings. The Labute approximate surface area is 111 Å². The molecule has 6 saturated carbocycles. The van der Waals surface area contributed by atoms with E-state index in [0.717, 1.165) is 5.92 Å². The zero-order valence-electron chi connectivity index (χ0n) is 11.3. The number of fused-ring (bicyclic) bond motifs is 1. The molecule has 6 rings (SSSR count). The minimum atomic E-state index is -0.237. The molecule has 10 atom stereocenters. The third kappa shape index (κ3) is 0.796.